The Labute approximate surface area is 88.4 Å². The van der Waals surface area contributed by atoms with Crippen molar-refractivity contribution in [3.63, 3.8) is 0 Å². The maximum absolute atomic E-state index is 5.49. The number of methoxy groups -OCH3 is 1. The topological polar surface area (TPSA) is 47.3 Å². The van der Waals surface area contributed by atoms with Gasteiger partial charge in [0.15, 0.2) is 0 Å². The van der Waals surface area contributed by atoms with Crippen LogP contribution in [0, 0.1) is 0 Å². The number of nitrogens with one attached hydrogen (secondary N) is 1. The molecule has 0 aliphatic heterocycles. The van der Waals surface area contributed by atoms with Gasteiger partial charge in [-0.05, 0) is 33.1 Å². The lowest BCUT2D eigenvalue weighted by Gasteiger charge is -2.25. The van der Waals surface area contributed by atoms with Crippen LogP contribution in [-0.4, -0.2) is 18.8 Å². The third-order valence-corrected chi connectivity index (χ3v) is 2.79. The summed E-state index contributed by atoms with van der Waals surface area (Å²) in [7, 11) is 1.76. The molecule has 0 rings (SSSR count). The maximum Gasteiger partial charge on any atom is 0.0623 e. The van der Waals surface area contributed by atoms with Crippen LogP contribution >= 0.6 is 0 Å². The highest BCUT2D eigenvalue weighted by Gasteiger charge is 2.18. The van der Waals surface area contributed by atoms with Gasteiger partial charge in [-0.15, -0.1) is 0 Å². The summed E-state index contributed by atoms with van der Waals surface area (Å²) in [6, 6.07) is 0.435. The zero-order valence-electron chi connectivity index (χ0n) is 10.1. The van der Waals surface area contributed by atoms with Crippen molar-refractivity contribution in [2.45, 2.75) is 64.5 Å². The van der Waals surface area contributed by atoms with E-state index in [-0.39, 0.29) is 5.60 Å². The third-order valence-electron chi connectivity index (χ3n) is 2.79. The molecular weight excluding hydrogens is 176 g/mol. The van der Waals surface area contributed by atoms with E-state index in [9.17, 15) is 0 Å². The molecule has 0 aromatic carbocycles. The first-order valence-electron chi connectivity index (χ1n) is 5.57. The van der Waals surface area contributed by atoms with Gasteiger partial charge in [0.25, 0.3) is 0 Å². The summed E-state index contributed by atoms with van der Waals surface area (Å²) in [4.78, 5) is 0. The average Bonchev–Trinajstić information content (AvgIpc) is 2.18. The van der Waals surface area contributed by atoms with Crippen molar-refractivity contribution in [2.24, 2.45) is 5.84 Å². The van der Waals surface area contributed by atoms with Crippen LogP contribution < -0.4 is 11.3 Å². The van der Waals surface area contributed by atoms with E-state index >= 15 is 0 Å². The lowest BCUT2D eigenvalue weighted by molar-refractivity contribution is 0.0115. The monoisotopic (exact) mass is 202 g/mol. The number of nitrogens with two attached hydrogens (primary N) is 1. The fourth-order valence-electron chi connectivity index (χ4n) is 1.39. The predicted molar refractivity (Wildman–Crippen MR) is 61.0 cm³/mol. The van der Waals surface area contributed by atoms with Gasteiger partial charge in [-0.3, -0.25) is 11.3 Å². The number of hydrazine groups is 1. The summed E-state index contributed by atoms with van der Waals surface area (Å²) >= 11 is 0. The minimum absolute atomic E-state index is 0.0265. The summed E-state index contributed by atoms with van der Waals surface area (Å²) < 4.78 is 5.37. The van der Waals surface area contributed by atoms with Gasteiger partial charge in [-0.25, -0.2) is 0 Å². The highest BCUT2D eigenvalue weighted by molar-refractivity contribution is 4.73. The Bertz CT molecular complexity index is 137. The molecule has 0 saturated heterocycles. The zero-order valence-corrected chi connectivity index (χ0v) is 10.1. The van der Waals surface area contributed by atoms with E-state index in [1.54, 1.807) is 7.11 Å². The van der Waals surface area contributed by atoms with Crippen LogP contribution in [-0.2, 0) is 4.74 Å². The molecule has 0 saturated carbocycles. The number of ether oxygens (including phenoxy) is 1. The normalized spacial score (nSPS) is 14.4. The molecule has 0 fully saturated rings. The van der Waals surface area contributed by atoms with Gasteiger partial charge in [-0.2, -0.15) is 0 Å². The second-order valence-corrected chi connectivity index (χ2v) is 4.51. The highest BCUT2D eigenvalue weighted by atomic mass is 16.5. The van der Waals surface area contributed by atoms with Gasteiger partial charge in [0.1, 0.15) is 0 Å². The van der Waals surface area contributed by atoms with Gasteiger partial charge in [0.05, 0.1) is 5.60 Å². The number of unbranched alkanes of at least 4 members (excludes halogenated alkanes) is 1. The van der Waals surface area contributed by atoms with Crippen LogP contribution in [0.25, 0.3) is 0 Å². The van der Waals surface area contributed by atoms with Gasteiger partial charge in [0.2, 0.25) is 0 Å². The number of hydrogen-bond acceptors (Lipinski definition) is 3. The van der Waals surface area contributed by atoms with Crippen LogP contribution in [0.5, 0.6) is 0 Å². The Morgan fingerprint density at radius 3 is 2.43 bits per heavy atom. The first kappa shape index (κ1) is 13.9. The fraction of sp³-hybridized carbons (Fsp3) is 1.00. The molecule has 3 N–H and O–H groups in total. The Morgan fingerprint density at radius 1 is 1.36 bits per heavy atom. The van der Waals surface area contributed by atoms with E-state index in [1.165, 1.54) is 12.8 Å². The average molecular weight is 202 g/mol. The molecule has 0 aromatic rings. The molecule has 0 spiro atoms. The SMILES string of the molecule is CCCCC(CCC(C)(C)OC)NN. The molecule has 0 aliphatic rings. The maximum atomic E-state index is 5.49. The zero-order chi connectivity index (χ0) is 11.0. The smallest absolute Gasteiger partial charge is 0.0623 e. The molecule has 1 atom stereocenters. The van der Waals surface area contributed by atoms with E-state index in [0.29, 0.717) is 6.04 Å². The van der Waals surface area contributed by atoms with E-state index in [4.69, 9.17) is 10.6 Å². The van der Waals surface area contributed by atoms with E-state index in [2.05, 4.69) is 26.2 Å². The molecule has 86 valence electrons. The van der Waals surface area contributed by atoms with Crippen molar-refractivity contribution >= 4 is 0 Å². The van der Waals surface area contributed by atoms with Crippen molar-refractivity contribution < 1.29 is 4.74 Å². The summed E-state index contributed by atoms with van der Waals surface area (Å²) in [5.74, 6) is 5.49. The Morgan fingerprint density at radius 2 is 2.00 bits per heavy atom. The Kier molecular flexibility index (Phi) is 7.15. The molecular formula is C11H26N2O. The largest absolute Gasteiger partial charge is 0.379 e. The molecule has 0 aromatic heterocycles. The third kappa shape index (κ3) is 6.35. The molecule has 0 heterocycles. The van der Waals surface area contributed by atoms with Crippen LogP contribution in [0.4, 0.5) is 0 Å². The van der Waals surface area contributed by atoms with Crippen LogP contribution in [0.15, 0.2) is 0 Å². The summed E-state index contributed by atoms with van der Waals surface area (Å²) in [5, 5.41) is 0. The molecule has 0 amide bonds. The summed E-state index contributed by atoms with van der Waals surface area (Å²) in [5.41, 5.74) is 2.85. The highest BCUT2D eigenvalue weighted by Crippen LogP contribution is 2.18. The quantitative estimate of drug-likeness (QED) is 0.468. The lowest BCUT2D eigenvalue weighted by Crippen LogP contribution is -2.37. The second-order valence-electron chi connectivity index (χ2n) is 4.51. The molecule has 0 aliphatic carbocycles. The summed E-state index contributed by atoms with van der Waals surface area (Å²) in [6.07, 6.45) is 5.75. The molecule has 14 heavy (non-hydrogen) atoms. The summed E-state index contributed by atoms with van der Waals surface area (Å²) in [6.45, 7) is 6.42. The Hall–Kier alpha value is -0.120. The molecule has 3 heteroatoms. The molecule has 0 bridgehead atoms. The number of rotatable bonds is 8. The number of hydrogen-bond donors (Lipinski definition) is 2. The van der Waals surface area contributed by atoms with Crippen molar-refractivity contribution in [1.82, 2.24) is 5.43 Å². The Balaban J connectivity index is 3.71. The predicted octanol–water partition coefficient (Wildman–Crippen LogP) is 2.21. The van der Waals surface area contributed by atoms with Gasteiger partial charge < -0.3 is 4.74 Å². The van der Waals surface area contributed by atoms with E-state index in [0.717, 1.165) is 19.3 Å². The van der Waals surface area contributed by atoms with E-state index < -0.39 is 0 Å². The molecule has 0 radical (unpaired) electrons. The second kappa shape index (κ2) is 7.21. The minimum atomic E-state index is -0.0265. The molecule has 3 nitrogen and oxygen atoms in total. The van der Waals surface area contributed by atoms with Crippen LogP contribution in [0.1, 0.15) is 52.9 Å². The van der Waals surface area contributed by atoms with Gasteiger partial charge >= 0.3 is 0 Å². The van der Waals surface area contributed by atoms with Crippen molar-refractivity contribution in [3.05, 3.63) is 0 Å². The van der Waals surface area contributed by atoms with Gasteiger partial charge in [-0.1, -0.05) is 19.8 Å². The van der Waals surface area contributed by atoms with Crippen molar-refractivity contribution in [1.29, 1.82) is 0 Å². The lowest BCUT2D eigenvalue weighted by atomic mass is 9.96. The van der Waals surface area contributed by atoms with Crippen molar-refractivity contribution in [2.75, 3.05) is 7.11 Å². The van der Waals surface area contributed by atoms with Crippen molar-refractivity contribution in [3.8, 4) is 0 Å². The first-order chi connectivity index (χ1) is 6.55. The minimum Gasteiger partial charge on any atom is -0.379 e. The van der Waals surface area contributed by atoms with Crippen LogP contribution in [0.2, 0.25) is 0 Å². The first-order valence-corrected chi connectivity index (χ1v) is 5.57. The standard InChI is InChI=1S/C11H26N2O/c1-5-6-7-10(13-12)8-9-11(2,3)14-4/h10,13H,5-9,12H2,1-4H3. The van der Waals surface area contributed by atoms with E-state index in [1.807, 2.05) is 0 Å². The van der Waals surface area contributed by atoms with Crippen LogP contribution in [0.3, 0.4) is 0 Å². The van der Waals surface area contributed by atoms with Gasteiger partial charge in [0, 0.05) is 13.2 Å². The molecule has 1 unspecified atom stereocenters. The fourth-order valence-corrected chi connectivity index (χ4v) is 1.39.